The van der Waals surface area contributed by atoms with Gasteiger partial charge in [0.1, 0.15) is 11.5 Å². The molecule has 1 aliphatic carbocycles. The molecule has 0 N–H and O–H groups in total. The minimum absolute atomic E-state index is 0.190. The topological polar surface area (TPSA) is 43.1 Å². The molecule has 1 aromatic heterocycles. The molecule has 3 nitrogen and oxygen atoms in total. The number of benzene rings is 3. The van der Waals surface area contributed by atoms with Gasteiger partial charge in [-0.25, -0.2) is 9.37 Å². The number of hydrogen-bond donors (Lipinski definition) is 0. The fourth-order valence-corrected chi connectivity index (χ4v) is 4.67. The van der Waals surface area contributed by atoms with E-state index < -0.39 is 0 Å². The molecule has 1 aliphatic rings. The lowest BCUT2D eigenvalue weighted by Crippen LogP contribution is -2.10. The van der Waals surface area contributed by atoms with Crippen LogP contribution in [0.2, 0.25) is 5.02 Å². The van der Waals surface area contributed by atoms with E-state index in [2.05, 4.69) is 0 Å². The lowest BCUT2D eigenvalue weighted by Gasteiger charge is -2.15. The van der Waals surface area contributed by atoms with E-state index in [1.165, 1.54) is 23.9 Å². The van der Waals surface area contributed by atoms with Gasteiger partial charge in [0.15, 0.2) is 10.9 Å². The Morgan fingerprint density at radius 1 is 0.935 bits per heavy atom. The molecule has 1 heterocycles. The minimum atomic E-state index is -0.314. The zero-order valence-corrected chi connectivity index (χ0v) is 18.0. The van der Waals surface area contributed by atoms with Crippen molar-refractivity contribution in [1.82, 2.24) is 4.98 Å². The number of halogens is 2. The van der Waals surface area contributed by atoms with Crippen LogP contribution in [-0.2, 0) is 6.42 Å². The van der Waals surface area contributed by atoms with E-state index in [9.17, 15) is 9.18 Å². The van der Waals surface area contributed by atoms with Crippen LogP contribution in [0.1, 0.15) is 28.8 Å². The number of ketones is 1. The Bertz CT molecular complexity index is 1270. The van der Waals surface area contributed by atoms with Crippen LogP contribution < -0.4 is 0 Å². The summed E-state index contributed by atoms with van der Waals surface area (Å²) >= 11 is 7.46. The van der Waals surface area contributed by atoms with E-state index in [4.69, 9.17) is 21.0 Å². The lowest BCUT2D eigenvalue weighted by atomic mass is 9.89. The quantitative estimate of drug-likeness (QED) is 0.324. The van der Waals surface area contributed by atoms with Crippen molar-refractivity contribution >= 4 is 29.1 Å². The molecule has 0 amide bonds. The average Bonchev–Trinajstić information content (AvgIpc) is 3.19. The zero-order valence-electron chi connectivity index (χ0n) is 16.4. The van der Waals surface area contributed by atoms with Gasteiger partial charge < -0.3 is 4.42 Å². The first kappa shape index (κ1) is 20.0. The molecule has 0 bridgehead atoms. The molecule has 6 heteroatoms. The minimum Gasteiger partial charge on any atom is -0.429 e. The third-order valence-corrected chi connectivity index (χ3v) is 6.46. The number of aryl methyl sites for hydroxylation is 1. The summed E-state index contributed by atoms with van der Waals surface area (Å²) in [6.07, 6.45) is 2.33. The number of carbonyl (C=O) groups excluding carboxylic acids is 1. The Morgan fingerprint density at radius 3 is 2.45 bits per heavy atom. The van der Waals surface area contributed by atoms with Crippen molar-refractivity contribution in [3.8, 4) is 22.7 Å². The molecule has 0 radical (unpaired) electrons. The first-order chi connectivity index (χ1) is 15.1. The van der Waals surface area contributed by atoms with Crippen LogP contribution in [0.4, 0.5) is 4.39 Å². The van der Waals surface area contributed by atoms with Crippen LogP contribution in [0.3, 0.4) is 0 Å². The lowest BCUT2D eigenvalue weighted by molar-refractivity contribution is 0.0972. The van der Waals surface area contributed by atoms with Crippen LogP contribution in [0.25, 0.3) is 22.7 Å². The number of fused-ring (bicyclic) bond motifs is 1. The van der Waals surface area contributed by atoms with Gasteiger partial charge in [-0.3, -0.25) is 4.79 Å². The molecule has 0 fully saturated rings. The van der Waals surface area contributed by atoms with Crippen molar-refractivity contribution in [2.45, 2.75) is 29.3 Å². The number of oxazole rings is 1. The first-order valence-electron chi connectivity index (χ1n) is 9.93. The Kier molecular flexibility index (Phi) is 5.38. The summed E-state index contributed by atoms with van der Waals surface area (Å²) in [6, 6.07) is 19.4. The number of rotatable bonds is 4. The Hall–Kier alpha value is -2.89. The van der Waals surface area contributed by atoms with Crippen LogP contribution in [0, 0.1) is 5.82 Å². The second-order valence-corrected chi connectivity index (χ2v) is 8.85. The van der Waals surface area contributed by atoms with E-state index in [1.807, 2.05) is 42.5 Å². The second-order valence-electron chi connectivity index (χ2n) is 7.37. The fraction of sp³-hybridized carbons (Fsp3) is 0.120. The largest absolute Gasteiger partial charge is 0.429 e. The summed E-state index contributed by atoms with van der Waals surface area (Å²) in [5.41, 5.74) is 4.12. The van der Waals surface area contributed by atoms with Crippen LogP contribution >= 0.6 is 23.4 Å². The fourth-order valence-electron chi connectivity index (χ4n) is 3.68. The summed E-state index contributed by atoms with van der Waals surface area (Å²) in [7, 11) is 0. The molecule has 3 aromatic carbocycles. The molecule has 0 aliphatic heterocycles. The van der Waals surface area contributed by atoms with Gasteiger partial charge in [-0.1, -0.05) is 23.7 Å². The number of Topliss-reactive ketones (excluding diaryl/α,β-unsaturated/α-hetero) is 1. The van der Waals surface area contributed by atoms with E-state index in [0.717, 1.165) is 34.4 Å². The highest BCUT2D eigenvalue weighted by atomic mass is 35.5. The van der Waals surface area contributed by atoms with Gasteiger partial charge in [0.25, 0.3) is 0 Å². The second kappa shape index (κ2) is 8.33. The van der Waals surface area contributed by atoms with Crippen molar-refractivity contribution < 1.29 is 13.6 Å². The highest BCUT2D eigenvalue weighted by Gasteiger charge is 2.22. The molecule has 0 atom stereocenters. The molecule has 0 saturated heterocycles. The van der Waals surface area contributed by atoms with E-state index in [-0.39, 0.29) is 11.6 Å². The van der Waals surface area contributed by atoms with Gasteiger partial charge in [0.05, 0.1) is 0 Å². The number of carbonyl (C=O) groups is 1. The Balaban J connectivity index is 1.59. The highest BCUT2D eigenvalue weighted by molar-refractivity contribution is 7.99. The van der Waals surface area contributed by atoms with Crippen LogP contribution in [0.5, 0.6) is 0 Å². The Morgan fingerprint density at radius 2 is 1.68 bits per heavy atom. The number of aromatic nitrogens is 1. The predicted octanol–water partition coefficient (Wildman–Crippen LogP) is 7.47. The molecular weight excluding hydrogens is 433 g/mol. The van der Waals surface area contributed by atoms with Crippen molar-refractivity contribution in [2.24, 2.45) is 0 Å². The smallest absolute Gasteiger partial charge is 0.228 e. The van der Waals surface area contributed by atoms with E-state index in [1.54, 1.807) is 12.1 Å². The van der Waals surface area contributed by atoms with Crippen LogP contribution in [0.15, 0.2) is 81.1 Å². The Labute approximate surface area is 188 Å². The average molecular weight is 450 g/mol. The zero-order chi connectivity index (χ0) is 21.4. The molecule has 0 unspecified atom stereocenters. The third-order valence-electron chi connectivity index (χ3n) is 5.24. The molecule has 154 valence electrons. The molecular formula is C25H17ClFNO2S. The maximum Gasteiger partial charge on any atom is 0.228 e. The molecule has 0 spiro atoms. The maximum atomic E-state index is 13.4. The molecule has 0 saturated carbocycles. The van der Waals surface area contributed by atoms with Crippen molar-refractivity contribution in [3.05, 3.63) is 88.7 Å². The monoisotopic (exact) mass is 449 g/mol. The SMILES string of the molecule is O=C1CCCc2cc(-c3nc(-c4ccc(F)cc4)oc3Sc3ccc(Cl)cc3)ccc21. The van der Waals surface area contributed by atoms with Gasteiger partial charge in [0.2, 0.25) is 5.89 Å². The summed E-state index contributed by atoms with van der Waals surface area (Å²) in [4.78, 5) is 17.9. The number of hydrogen-bond acceptors (Lipinski definition) is 4. The van der Waals surface area contributed by atoms with Crippen molar-refractivity contribution in [3.63, 3.8) is 0 Å². The summed E-state index contributed by atoms with van der Waals surface area (Å²) in [6.45, 7) is 0. The van der Waals surface area contributed by atoms with Crippen molar-refractivity contribution in [1.29, 1.82) is 0 Å². The normalized spacial score (nSPS) is 13.3. The van der Waals surface area contributed by atoms with Crippen molar-refractivity contribution in [2.75, 3.05) is 0 Å². The summed E-state index contributed by atoms with van der Waals surface area (Å²) in [5.74, 6) is 0.293. The summed E-state index contributed by atoms with van der Waals surface area (Å²) in [5, 5.41) is 1.29. The van der Waals surface area contributed by atoms with Gasteiger partial charge in [-0.05, 0) is 84.8 Å². The van der Waals surface area contributed by atoms with Gasteiger partial charge in [-0.15, -0.1) is 0 Å². The van der Waals surface area contributed by atoms with Gasteiger partial charge in [0, 0.05) is 33.0 Å². The number of nitrogens with zero attached hydrogens (tertiary/aromatic N) is 1. The first-order valence-corrected chi connectivity index (χ1v) is 11.1. The molecule has 31 heavy (non-hydrogen) atoms. The molecule has 4 aromatic rings. The highest BCUT2D eigenvalue weighted by Crippen LogP contribution is 2.40. The standard InChI is InChI=1S/C25H17ClFNO2S/c26-18-7-11-20(12-8-18)31-25-23(28-24(30-25)15-4-9-19(27)10-5-15)17-6-13-21-16(14-17)2-1-3-22(21)29/h4-14H,1-3H2. The van der Waals surface area contributed by atoms with E-state index in [0.29, 0.717) is 33.7 Å². The van der Waals surface area contributed by atoms with Gasteiger partial charge in [-0.2, -0.15) is 0 Å². The van der Waals surface area contributed by atoms with Crippen LogP contribution in [-0.4, -0.2) is 10.8 Å². The summed E-state index contributed by atoms with van der Waals surface area (Å²) < 4.78 is 19.5. The van der Waals surface area contributed by atoms with Gasteiger partial charge >= 0.3 is 0 Å². The molecule has 5 rings (SSSR count). The van der Waals surface area contributed by atoms with E-state index >= 15 is 0 Å². The maximum absolute atomic E-state index is 13.4. The third kappa shape index (κ3) is 4.16. The predicted molar refractivity (Wildman–Crippen MR) is 120 cm³/mol.